The molecule has 29 heavy (non-hydrogen) atoms. The van der Waals surface area contributed by atoms with E-state index in [4.69, 9.17) is 21.6 Å². The quantitative estimate of drug-likeness (QED) is 0.329. The Morgan fingerprint density at radius 3 is 2.86 bits per heavy atom. The van der Waals surface area contributed by atoms with Gasteiger partial charge in [0.05, 0.1) is 17.3 Å². The van der Waals surface area contributed by atoms with Crippen LogP contribution in [0.15, 0.2) is 28.7 Å². The van der Waals surface area contributed by atoms with Crippen LogP contribution in [0.1, 0.15) is 44.8 Å². The lowest BCUT2D eigenvalue weighted by molar-refractivity contribution is 0.571. The Hall–Kier alpha value is -1.13. The predicted octanol–water partition coefficient (Wildman–Crippen LogP) is 4.44. The smallest absolute Gasteiger partial charge is 0.191 e. The van der Waals surface area contributed by atoms with Gasteiger partial charge in [0.2, 0.25) is 0 Å². The van der Waals surface area contributed by atoms with Crippen LogP contribution in [-0.4, -0.2) is 41.6 Å². The molecule has 0 aromatic carbocycles. The molecular weight excluding hydrogens is 519 g/mol. The van der Waals surface area contributed by atoms with Crippen molar-refractivity contribution in [3.8, 4) is 0 Å². The lowest BCUT2D eigenvalue weighted by atomic mass is 9.93. The third-order valence-electron chi connectivity index (χ3n) is 4.60. The van der Waals surface area contributed by atoms with Crippen LogP contribution < -0.4 is 15.5 Å². The van der Waals surface area contributed by atoms with E-state index in [2.05, 4.69) is 53.6 Å². The first kappa shape index (κ1) is 24.1. The monoisotopic (exact) mass is 548 g/mol. The van der Waals surface area contributed by atoms with Gasteiger partial charge in [-0.05, 0) is 25.5 Å². The zero-order valence-corrected chi connectivity index (χ0v) is 21.3. The molecule has 0 spiro atoms. The number of thiazole rings is 1. The van der Waals surface area contributed by atoms with E-state index in [0.717, 1.165) is 48.5 Å². The summed E-state index contributed by atoms with van der Waals surface area (Å²) < 4.78 is 0. The molecule has 6 nitrogen and oxygen atoms in total. The zero-order chi connectivity index (χ0) is 20.1. The summed E-state index contributed by atoms with van der Waals surface area (Å²) in [4.78, 5) is 16.1. The summed E-state index contributed by atoms with van der Waals surface area (Å²) in [5.41, 5.74) is 1.20. The molecule has 0 saturated carbocycles. The molecule has 0 amide bonds. The summed E-state index contributed by atoms with van der Waals surface area (Å²) in [6.07, 6.45) is 2.80. The zero-order valence-electron chi connectivity index (χ0n) is 17.4. The standard InChI is InChI=1S/C20H29ClN6S.HI/c1-5-22-19(24-11-17-26-16(13-28-17)20(2,3)4)25-14-8-10-27(12-14)18-15(21)7-6-9-23-18;/h6-7,9,13-14H,5,8,10-12H2,1-4H3,(H2,22,24,25);1H. The van der Waals surface area contributed by atoms with Crippen molar-refractivity contribution in [1.29, 1.82) is 0 Å². The van der Waals surface area contributed by atoms with Crippen molar-refractivity contribution in [3.05, 3.63) is 39.4 Å². The van der Waals surface area contributed by atoms with E-state index in [1.807, 2.05) is 12.1 Å². The highest BCUT2D eigenvalue weighted by Crippen LogP contribution is 2.26. The topological polar surface area (TPSA) is 65.4 Å². The molecule has 1 saturated heterocycles. The van der Waals surface area contributed by atoms with Crippen molar-refractivity contribution in [2.24, 2.45) is 4.99 Å². The molecule has 2 aromatic rings. The lowest BCUT2D eigenvalue weighted by Crippen LogP contribution is -2.44. The van der Waals surface area contributed by atoms with Crippen LogP contribution in [0.3, 0.4) is 0 Å². The van der Waals surface area contributed by atoms with Crippen molar-refractivity contribution in [2.45, 2.75) is 52.1 Å². The number of halogens is 2. The van der Waals surface area contributed by atoms with Crippen LogP contribution in [0.4, 0.5) is 5.82 Å². The molecule has 3 heterocycles. The number of guanidine groups is 1. The number of aliphatic imine (C=N–C) groups is 1. The Labute approximate surface area is 199 Å². The average molecular weight is 549 g/mol. The molecule has 2 aromatic heterocycles. The van der Waals surface area contributed by atoms with E-state index in [1.54, 1.807) is 17.5 Å². The second-order valence-corrected chi connectivity index (χ2v) is 9.31. The van der Waals surface area contributed by atoms with Gasteiger partial charge in [-0.2, -0.15) is 0 Å². The Balaban J connectivity index is 0.00000300. The minimum absolute atomic E-state index is 0. The minimum atomic E-state index is 0. The molecule has 1 unspecified atom stereocenters. The second-order valence-electron chi connectivity index (χ2n) is 7.96. The number of rotatable bonds is 5. The van der Waals surface area contributed by atoms with Crippen LogP contribution >= 0.6 is 46.9 Å². The Kier molecular flexibility index (Phi) is 8.96. The third kappa shape index (κ3) is 6.68. The summed E-state index contributed by atoms with van der Waals surface area (Å²) in [6, 6.07) is 4.05. The van der Waals surface area contributed by atoms with Crippen LogP contribution in [-0.2, 0) is 12.0 Å². The molecule has 1 fully saturated rings. The summed E-state index contributed by atoms with van der Waals surface area (Å²) in [7, 11) is 0. The second kappa shape index (κ2) is 10.8. The van der Waals surface area contributed by atoms with E-state index in [9.17, 15) is 0 Å². The number of hydrogen-bond acceptors (Lipinski definition) is 5. The predicted molar refractivity (Wildman–Crippen MR) is 134 cm³/mol. The molecule has 1 aliphatic rings. The molecule has 1 atom stereocenters. The lowest BCUT2D eigenvalue weighted by Gasteiger charge is -2.20. The SMILES string of the molecule is CCNC(=NCc1nc(C(C)(C)C)cs1)NC1CCN(c2ncccc2Cl)C1.I. The van der Waals surface area contributed by atoms with Gasteiger partial charge in [-0.1, -0.05) is 32.4 Å². The van der Waals surface area contributed by atoms with E-state index in [1.165, 1.54) is 0 Å². The van der Waals surface area contributed by atoms with E-state index < -0.39 is 0 Å². The largest absolute Gasteiger partial charge is 0.357 e. The number of nitrogens with one attached hydrogen (secondary N) is 2. The first-order chi connectivity index (χ1) is 13.4. The fourth-order valence-corrected chi connectivity index (χ4v) is 4.25. The maximum Gasteiger partial charge on any atom is 0.191 e. The van der Waals surface area contributed by atoms with Gasteiger partial charge in [-0.3, -0.25) is 0 Å². The van der Waals surface area contributed by atoms with E-state index >= 15 is 0 Å². The van der Waals surface area contributed by atoms with Gasteiger partial charge >= 0.3 is 0 Å². The van der Waals surface area contributed by atoms with Gasteiger partial charge in [-0.15, -0.1) is 35.3 Å². The van der Waals surface area contributed by atoms with Gasteiger partial charge < -0.3 is 15.5 Å². The van der Waals surface area contributed by atoms with Crippen LogP contribution in [0.5, 0.6) is 0 Å². The molecule has 2 N–H and O–H groups in total. The van der Waals surface area contributed by atoms with Crippen LogP contribution in [0.2, 0.25) is 5.02 Å². The maximum atomic E-state index is 6.29. The number of nitrogens with zero attached hydrogens (tertiary/aromatic N) is 4. The molecule has 3 rings (SSSR count). The highest BCUT2D eigenvalue weighted by molar-refractivity contribution is 14.0. The Bertz CT molecular complexity index is 819. The first-order valence-corrected chi connectivity index (χ1v) is 11.0. The molecule has 0 radical (unpaired) electrons. The van der Waals surface area contributed by atoms with Crippen molar-refractivity contribution < 1.29 is 0 Å². The molecule has 0 aliphatic carbocycles. The molecule has 1 aliphatic heterocycles. The maximum absolute atomic E-state index is 6.29. The van der Waals surface area contributed by atoms with Gasteiger partial charge in [0, 0.05) is 42.7 Å². The highest BCUT2D eigenvalue weighted by atomic mass is 127. The number of hydrogen-bond donors (Lipinski definition) is 2. The Morgan fingerprint density at radius 2 is 2.21 bits per heavy atom. The first-order valence-electron chi connectivity index (χ1n) is 9.72. The number of pyridine rings is 1. The fraction of sp³-hybridized carbons (Fsp3) is 0.550. The van der Waals surface area contributed by atoms with E-state index in [0.29, 0.717) is 17.6 Å². The Morgan fingerprint density at radius 1 is 1.41 bits per heavy atom. The van der Waals surface area contributed by atoms with Gasteiger partial charge in [-0.25, -0.2) is 15.0 Å². The van der Waals surface area contributed by atoms with Crippen molar-refractivity contribution >= 4 is 58.7 Å². The van der Waals surface area contributed by atoms with Crippen LogP contribution in [0.25, 0.3) is 0 Å². The molecule has 160 valence electrons. The fourth-order valence-electron chi connectivity index (χ4n) is 3.07. The minimum Gasteiger partial charge on any atom is -0.357 e. The van der Waals surface area contributed by atoms with Gasteiger partial charge in [0.25, 0.3) is 0 Å². The summed E-state index contributed by atoms with van der Waals surface area (Å²) in [5.74, 6) is 1.68. The van der Waals surface area contributed by atoms with E-state index in [-0.39, 0.29) is 29.4 Å². The van der Waals surface area contributed by atoms with Crippen LogP contribution in [0, 0.1) is 0 Å². The average Bonchev–Trinajstić information content (AvgIpc) is 3.29. The molecule has 9 heteroatoms. The van der Waals surface area contributed by atoms with Crippen molar-refractivity contribution in [2.75, 3.05) is 24.5 Å². The molecule has 0 bridgehead atoms. The highest BCUT2D eigenvalue weighted by Gasteiger charge is 2.25. The molecular formula is C20H30ClIN6S. The third-order valence-corrected chi connectivity index (χ3v) is 5.73. The summed E-state index contributed by atoms with van der Waals surface area (Å²) in [5, 5.41) is 10.8. The summed E-state index contributed by atoms with van der Waals surface area (Å²) >= 11 is 7.97. The number of aromatic nitrogens is 2. The normalized spacial score (nSPS) is 17.2. The van der Waals surface area contributed by atoms with Gasteiger partial charge in [0.1, 0.15) is 10.8 Å². The summed E-state index contributed by atoms with van der Waals surface area (Å²) in [6.45, 7) is 11.8. The van der Waals surface area contributed by atoms with Crippen molar-refractivity contribution in [3.63, 3.8) is 0 Å². The van der Waals surface area contributed by atoms with Gasteiger partial charge in [0.15, 0.2) is 5.96 Å². The number of anilines is 1. The van der Waals surface area contributed by atoms with Crippen molar-refractivity contribution in [1.82, 2.24) is 20.6 Å².